The van der Waals surface area contributed by atoms with Crippen molar-refractivity contribution in [1.29, 1.82) is 0 Å². The zero-order valence-electron chi connectivity index (χ0n) is 14.8. The highest BCUT2D eigenvalue weighted by Gasteiger charge is 2.62. The first-order valence-electron chi connectivity index (χ1n) is 8.45. The Morgan fingerprint density at radius 2 is 1.82 bits per heavy atom. The summed E-state index contributed by atoms with van der Waals surface area (Å²) in [6.07, 6.45) is -5.72. The zero-order chi connectivity index (χ0) is 20.1. The van der Waals surface area contributed by atoms with Crippen LogP contribution in [0, 0.1) is 6.92 Å². The van der Waals surface area contributed by atoms with Crippen LogP contribution in [-0.2, 0) is 0 Å². The van der Waals surface area contributed by atoms with Gasteiger partial charge in [-0.15, -0.1) is 0 Å². The second-order valence-corrected chi connectivity index (χ2v) is 6.60. The molecule has 4 rings (SSSR count). The lowest BCUT2D eigenvalue weighted by molar-refractivity contribution is -0.254. The lowest BCUT2D eigenvalue weighted by atomic mass is 9.96. The van der Waals surface area contributed by atoms with Crippen molar-refractivity contribution in [2.24, 2.45) is 5.10 Å². The van der Waals surface area contributed by atoms with E-state index >= 15 is 0 Å². The number of nitrogen functional groups attached to an aromatic ring is 1. The van der Waals surface area contributed by atoms with Crippen molar-refractivity contribution in [1.82, 2.24) is 9.97 Å². The van der Waals surface area contributed by atoms with Crippen molar-refractivity contribution in [3.05, 3.63) is 59.8 Å². The van der Waals surface area contributed by atoms with Crippen LogP contribution >= 0.6 is 0 Å². The van der Waals surface area contributed by atoms with Gasteiger partial charge in [-0.2, -0.15) is 23.3 Å². The molecule has 6 nitrogen and oxygen atoms in total. The number of anilines is 2. The van der Waals surface area contributed by atoms with E-state index in [2.05, 4.69) is 15.1 Å². The Hall–Kier alpha value is -3.20. The lowest BCUT2D eigenvalue weighted by Gasteiger charge is -2.33. The molecule has 0 radical (unpaired) electrons. The molecule has 28 heavy (non-hydrogen) atoms. The number of aryl methyl sites for hydroxylation is 1. The Kier molecular flexibility index (Phi) is 4.00. The van der Waals surface area contributed by atoms with E-state index in [4.69, 9.17) is 5.73 Å². The number of nitrogens with two attached hydrogens (primary N) is 1. The molecule has 0 fully saturated rings. The SMILES string of the molecule is Cc1cc(N2N=C(c3cccc4ccccc34)C[C@]2(O)C(F)(F)F)nc(N)n1. The minimum atomic E-state index is -4.98. The van der Waals surface area contributed by atoms with Crippen LogP contribution in [0.1, 0.15) is 17.7 Å². The smallest absolute Gasteiger partial charge is 0.368 e. The van der Waals surface area contributed by atoms with Crippen LogP contribution in [0.3, 0.4) is 0 Å². The average Bonchev–Trinajstić information content (AvgIpc) is 2.99. The highest BCUT2D eigenvalue weighted by atomic mass is 19.4. The molecule has 0 saturated heterocycles. The van der Waals surface area contributed by atoms with Crippen molar-refractivity contribution in [3.63, 3.8) is 0 Å². The van der Waals surface area contributed by atoms with Crippen molar-refractivity contribution in [3.8, 4) is 0 Å². The number of rotatable bonds is 2. The van der Waals surface area contributed by atoms with Gasteiger partial charge in [-0.1, -0.05) is 42.5 Å². The Bertz CT molecular complexity index is 1070. The van der Waals surface area contributed by atoms with Crippen LogP contribution in [0.4, 0.5) is 24.9 Å². The minimum absolute atomic E-state index is 0.103. The van der Waals surface area contributed by atoms with Gasteiger partial charge in [-0.25, -0.2) is 9.99 Å². The number of fused-ring (bicyclic) bond motifs is 1. The molecule has 0 bridgehead atoms. The summed E-state index contributed by atoms with van der Waals surface area (Å²) in [5, 5.41) is 16.8. The Balaban J connectivity index is 1.90. The number of aliphatic hydroxyl groups is 1. The van der Waals surface area contributed by atoms with Crippen LogP contribution in [0.2, 0.25) is 0 Å². The number of hydrogen-bond acceptors (Lipinski definition) is 6. The van der Waals surface area contributed by atoms with Gasteiger partial charge in [-0.05, 0) is 17.7 Å². The average molecular weight is 387 g/mol. The third-order valence-electron chi connectivity index (χ3n) is 4.61. The molecule has 0 unspecified atom stereocenters. The molecule has 0 spiro atoms. The second-order valence-electron chi connectivity index (χ2n) is 6.60. The molecule has 2 aromatic carbocycles. The van der Waals surface area contributed by atoms with Crippen LogP contribution in [0.25, 0.3) is 10.8 Å². The zero-order valence-corrected chi connectivity index (χ0v) is 14.8. The van der Waals surface area contributed by atoms with E-state index in [1.54, 1.807) is 31.2 Å². The summed E-state index contributed by atoms with van der Waals surface area (Å²) in [7, 11) is 0. The fourth-order valence-electron chi connectivity index (χ4n) is 3.32. The van der Waals surface area contributed by atoms with Gasteiger partial charge in [0.1, 0.15) is 0 Å². The van der Waals surface area contributed by atoms with E-state index in [0.29, 0.717) is 16.3 Å². The van der Waals surface area contributed by atoms with E-state index in [1.807, 2.05) is 18.2 Å². The van der Waals surface area contributed by atoms with Crippen molar-refractivity contribution >= 4 is 28.3 Å². The summed E-state index contributed by atoms with van der Waals surface area (Å²) in [5.74, 6) is -0.423. The highest BCUT2D eigenvalue weighted by molar-refractivity contribution is 6.12. The molecular formula is C19H16F3N5O. The Morgan fingerprint density at radius 1 is 1.11 bits per heavy atom. The summed E-state index contributed by atoms with van der Waals surface area (Å²) in [6, 6.07) is 13.9. The van der Waals surface area contributed by atoms with Gasteiger partial charge in [0.2, 0.25) is 5.95 Å². The summed E-state index contributed by atoms with van der Waals surface area (Å²) in [4.78, 5) is 7.70. The number of hydrogen-bond donors (Lipinski definition) is 2. The first-order valence-corrected chi connectivity index (χ1v) is 8.45. The standard InChI is InChI=1S/C19H16F3N5O/c1-11-9-16(25-17(23)24-11)27-18(28,19(20,21)22)10-15(26-27)14-8-4-6-12-5-2-3-7-13(12)14/h2-9,28H,10H2,1H3,(H2,23,24,25)/t18-/m0/s1. The molecule has 144 valence electrons. The monoisotopic (exact) mass is 387 g/mol. The third kappa shape index (κ3) is 2.84. The summed E-state index contributed by atoms with van der Waals surface area (Å²) in [6.45, 7) is 1.57. The number of alkyl halides is 3. The summed E-state index contributed by atoms with van der Waals surface area (Å²) < 4.78 is 41.5. The number of aromatic nitrogens is 2. The second kappa shape index (κ2) is 6.16. The van der Waals surface area contributed by atoms with E-state index < -0.39 is 18.3 Å². The molecule has 1 aliphatic rings. The summed E-state index contributed by atoms with van der Waals surface area (Å²) in [5.41, 5.74) is 3.32. The van der Waals surface area contributed by atoms with Crippen molar-refractivity contribution in [2.45, 2.75) is 25.2 Å². The molecule has 1 atom stereocenters. The predicted octanol–water partition coefficient (Wildman–Crippen LogP) is 3.39. The van der Waals surface area contributed by atoms with Gasteiger partial charge in [0.15, 0.2) is 5.82 Å². The van der Waals surface area contributed by atoms with Crippen LogP contribution in [0.15, 0.2) is 53.6 Å². The molecule has 0 saturated carbocycles. The molecule has 3 aromatic rings. The van der Waals surface area contributed by atoms with E-state index in [0.717, 1.165) is 10.8 Å². The maximum atomic E-state index is 13.8. The van der Waals surface area contributed by atoms with Gasteiger partial charge < -0.3 is 10.8 Å². The largest absolute Gasteiger partial charge is 0.438 e. The van der Waals surface area contributed by atoms with Crippen LogP contribution in [0.5, 0.6) is 0 Å². The van der Waals surface area contributed by atoms with Crippen LogP contribution < -0.4 is 10.7 Å². The molecular weight excluding hydrogens is 371 g/mol. The third-order valence-corrected chi connectivity index (χ3v) is 4.61. The van der Waals surface area contributed by atoms with E-state index in [9.17, 15) is 18.3 Å². The van der Waals surface area contributed by atoms with Crippen molar-refractivity contribution in [2.75, 3.05) is 10.7 Å². The molecule has 9 heteroatoms. The Labute approximate surface area is 158 Å². The first-order chi connectivity index (χ1) is 13.2. The van der Waals surface area contributed by atoms with E-state index in [-0.39, 0.29) is 17.5 Å². The van der Waals surface area contributed by atoms with Crippen molar-refractivity contribution < 1.29 is 18.3 Å². The highest BCUT2D eigenvalue weighted by Crippen LogP contribution is 2.43. The minimum Gasteiger partial charge on any atom is -0.368 e. The van der Waals surface area contributed by atoms with Gasteiger partial charge in [0.25, 0.3) is 5.72 Å². The molecule has 1 aliphatic heterocycles. The topological polar surface area (TPSA) is 87.6 Å². The number of nitrogens with zero attached hydrogens (tertiary/aromatic N) is 4. The number of hydrazone groups is 1. The quantitative estimate of drug-likeness (QED) is 0.704. The number of benzene rings is 2. The predicted molar refractivity (Wildman–Crippen MR) is 99.8 cm³/mol. The Morgan fingerprint density at radius 3 is 2.54 bits per heavy atom. The number of halogens is 3. The maximum absolute atomic E-state index is 13.8. The van der Waals surface area contributed by atoms with Gasteiger partial charge in [0.05, 0.1) is 12.1 Å². The fourth-order valence-corrected chi connectivity index (χ4v) is 3.32. The molecule has 2 heterocycles. The van der Waals surface area contributed by atoms with Gasteiger partial charge in [0, 0.05) is 17.3 Å². The van der Waals surface area contributed by atoms with Gasteiger partial charge in [-0.3, -0.25) is 0 Å². The molecule has 0 aliphatic carbocycles. The summed E-state index contributed by atoms with van der Waals surface area (Å²) >= 11 is 0. The normalized spacial score (nSPS) is 19.9. The fraction of sp³-hybridized carbons (Fsp3) is 0.211. The van der Waals surface area contributed by atoms with E-state index in [1.165, 1.54) is 6.07 Å². The first kappa shape index (κ1) is 18.2. The molecule has 3 N–H and O–H groups in total. The van der Waals surface area contributed by atoms with Crippen LogP contribution in [-0.4, -0.2) is 32.7 Å². The maximum Gasteiger partial charge on any atom is 0.438 e. The molecule has 0 amide bonds. The van der Waals surface area contributed by atoms with Gasteiger partial charge >= 0.3 is 6.18 Å². The molecule has 1 aromatic heterocycles. The lowest BCUT2D eigenvalue weighted by Crippen LogP contribution is -2.55.